The van der Waals surface area contributed by atoms with Gasteiger partial charge in [0.1, 0.15) is 18.2 Å². The summed E-state index contributed by atoms with van der Waals surface area (Å²) in [7, 11) is 0. The fourth-order valence-electron chi connectivity index (χ4n) is 3.18. The molecule has 0 aliphatic heterocycles. The van der Waals surface area contributed by atoms with Gasteiger partial charge < -0.3 is 10.1 Å². The summed E-state index contributed by atoms with van der Waals surface area (Å²) in [4.78, 5) is 0. The topological polar surface area (TPSA) is 21.3 Å². The quantitative estimate of drug-likeness (QED) is 0.649. The van der Waals surface area contributed by atoms with Crippen molar-refractivity contribution in [2.24, 2.45) is 0 Å². The van der Waals surface area contributed by atoms with Gasteiger partial charge >= 0.3 is 0 Å². The first-order valence-corrected chi connectivity index (χ1v) is 9.46. The molecule has 134 valence electrons. The van der Waals surface area contributed by atoms with Gasteiger partial charge in [0.05, 0.1) is 5.02 Å². The summed E-state index contributed by atoms with van der Waals surface area (Å²) in [5.41, 5.74) is 1.78. The van der Waals surface area contributed by atoms with Crippen molar-refractivity contribution >= 4 is 23.2 Å². The Morgan fingerprint density at radius 3 is 2.56 bits per heavy atom. The maximum absolute atomic E-state index is 13.1. The molecule has 1 aliphatic carbocycles. The number of rotatable bonds is 6. The predicted octanol–water partition coefficient (Wildman–Crippen LogP) is 6.13. The molecule has 0 bridgehead atoms. The number of ether oxygens (including phenoxy) is 1. The van der Waals surface area contributed by atoms with Crippen molar-refractivity contribution in [3.8, 4) is 5.75 Å². The Bertz CT molecular complexity index is 717. The van der Waals surface area contributed by atoms with Crippen LogP contribution in [0, 0.1) is 5.82 Å². The van der Waals surface area contributed by atoms with Gasteiger partial charge in [-0.2, -0.15) is 0 Å². The third kappa shape index (κ3) is 5.34. The molecule has 0 spiro atoms. The van der Waals surface area contributed by atoms with Crippen LogP contribution in [0.4, 0.5) is 4.39 Å². The lowest BCUT2D eigenvalue weighted by Gasteiger charge is -2.23. The molecule has 2 aromatic carbocycles. The van der Waals surface area contributed by atoms with E-state index in [4.69, 9.17) is 27.9 Å². The highest BCUT2D eigenvalue weighted by Crippen LogP contribution is 2.26. The lowest BCUT2D eigenvalue weighted by atomic mass is 9.95. The van der Waals surface area contributed by atoms with E-state index in [2.05, 4.69) is 5.32 Å². The zero-order valence-electron chi connectivity index (χ0n) is 14.0. The first-order chi connectivity index (χ1) is 12.1. The van der Waals surface area contributed by atoms with Crippen molar-refractivity contribution in [3.63, 3.8) is 0 Å². The number of nitrogens with one attached hydrogen (secondary N) is 1. The molecule has 0 radical (unpaired) electrons. The van der Waals surface area contributed by atoms with Crippen LogP contribution >= 0.6 is 23.2 Å². The first kappa shape index (κ1) is 18.5. The zero-order valence-corrected chi connectivity index (χ0v) is 15.5. The largest absolute Gasteiger partial charge is 0.489 e. The molecule has 1 aliphatic rings. The molecule has 2 aromatic rings. The van der Waals surface area contributed by atoms with E-state index in [1.165, 1.54) is 44.2 Å². The van der Waals surface area contributed by atoms with Crippen molar-refractivity contribution < 1.29 is 9.13 Å². The predicted molar refractivity (Wildman–Crippen MR) is 101 cm³/mol. The molecule has 0 amide bonds. The van der Waals surface area contributed by atoms with E-state index in [9.17, 15) is 4.39 Å². The molecule has 25 heavy (non-hydrogen) atoms. The number of hydrogen-bond donors (Lipinski definition) is 1. The Hall–Kier alpha value is -1.29. The van der Waals surface area contributed by atoms with Crippen LogP contribution < -0.4 is 10.1 Å². The molecule has 5 heteroatoms. The monoisotopic (exact) mass is 381 g/mol. The standard InChI is InChI=1S/C20H22Cl2FNO/c21-16-7-9-20(25-13-14-6-8-17(23)11-19(14)22)15(10-16)12-24-18-4-2-1-3-5-18/h6-11,18,24H,1-5,12-13H2. The molecule has 2 nitrogen and oxygen atoms in total. The van der Waals surface area contributed by atoms with Crippen LogP contribution in [0.3, 0.4) is 0 Å². The van der Waals surface area contributed by atoms with E-state index in [1.807, 2.05) is 18.2 Å². The minimum absolute atomic E-state index is 0.289. The van der Waals surface area contributed by atoms with Gasteiger partial charge in [-0.15, -0.1) is 0 Å². The second-order valence-corrected chi connectivity index (χ2v) is 7.34. The Balaban J connectivity index is 1.65. The van der Waals surface area contributed by atoms with Gasteiger partial charge in [0.2, 0.25) is 0 Å². The summed E-state index contributed by atoms with van der Waals surface area (Å²) >= 11 is 12.2. The van der Waals surface area contributed by atoms with Crippen LogP contribution in [0.15, 0.2) is 36.4 Å². The summed E-state index contributed by atoms with van der Waals surface area (Å²) in [6, 6.07) is 10.5. The van der Waals surface area contributed by atoms with Crippen LogP contribution in [-0.4, -0.2) is 6.04 Å². The SMILES string of the molecule is Fc1ccc(COc2ccc(Cl)cc2CNC2CCCCC2)c(Cl)c1. The van der Waals surface area contributed by atoms with Gasteiger partial charge in [-0.3, -0.25) is 0 Å². The first-order valence-electron chi connectivity index (χ1n) is 8.70. The van der Waals surface area contributed by atoms with E-state index in [0.717, 1.165) is 23.4 Å². The molecule has 0 aromatic heterocycles. The average Bonchev–Trinajstić information content (AvgIpc) is 2.61. The molecule has 1 saturated carbocycles. The highest BCUT2D eigenvalue weighted by atomic mass is 35.5. The summed E-state index contributed by atoms with van der Waals surface area (Å²) in [5.74, 6) is 0.422. The highest BCUT2D eigenvalue weighted by molar-refractivity contribution is 6.31. The summed E-state index contributed by atoms with van der Waals surface area (Å²) in [6.07, 6.45) is 6.37. The summed E-state index contributed by atoms with van der Waals surface area (Å²) in [6.45, 7) is 1.01. The Morgan fingerprint density at radius 1 is 1.00 bits per heavy atom. The van der Waals surface area contributed by atoms with E-state index < -0.39 is 0 Å². The van der Waals surface area contributed by atoms with E-state index in [0.29, 0.717) is 16.1 Å². The van der Waals surface area contributed by atoms with E-state index in [1.54, 1.807) is 6.07 Å². The number of hydrogen-bond acceptors (Lipinski definition) is 2. The molecular weight excluding hydrogens is 360 g/mol. The summed E-state index contributed by atoms with van der Waals surface area (Å²) in [5, 5.41) is 4.67. The van der Waals surface area contributed by atoms with Gasteiger partial charge in [-0.1, -0.05) is 48.5 Å². The van der Waals surface area contributed by atoms with Gasteiger partial charge in [0.25, 0.3) is 0 Å². The minimum atomic E-state index is -0.349. The summed E-state index contributed by atoms with van der Waals surface area (Å²) < 4.78 is 19.1. The fourth-order valence-corrected chi connectivity index (χ4v) is 3.60. The molecule has 3 rings (SSSR count). The fraction of sp³-hybridized carbons (Fsp3) is 0.400. The molecule has 1 N–H and O–H groups in total. The van der Waals surface area contributed by atoms with Gasteiger partial charge in [0, 0.05) is 28.7 Å². The van der Waals surface area contributed by atoms with Crippen LogP contribution in [-0.2, 0) is 13.2 Å². The lowest BCUT2D eigenvalue weighted by molar-refractivity contribution is 0.299. The van der Waals surface area contributed by atoms with Crippen molar-refractivity contribution in [2.75, 3.05) is 0 Å². The molecule has 1 fully saturated rings. The van der Waals surface area contributed by atoms with E-state index >= 15 is 0 Å². The van der Waals surface area contributed by atoms with Gasteiger partial charge in [-0.25, -0.2) is 4.39 Å². The maximum atomic E-state index is 13.1. The number of halogens is 3. The Labute approximate surface area is 158 Å². The highest BCUT2D eigenvalue weighted by Gasteiger charge is 2.14. The number of benzene rings is 2. The Kier molecular flexibility index (Phi) is 6.57. The third-order valence-corrected chi connectivity index (χ3v) is 5.19. The van der Waals surface area contributed by atoms with Crippen molar-refractivity contribution in [2.45, 2.75) is 51.3 Å². The lowest BCUT2D eigenvalue weighted by Crippen LogP contribution is -2.30. The van der Waals surface area contributed by atoms with E-state index in [-0.39, 0.29) is 12.4 Å². The molecule has 0 heterocycles. The second kappa shape index (κ2) is 8.88. The maximum Gasteiger partial charge on any atom is 0.124 e. The molecule has 0 atom stereocenters. The van der Waals surface area contributed by atoms with Crippen molar-refractivity contribution in [1.29, 1.82) is 0 Å². The molecule has 0 saturated heterocycles. The Morgan fingerprint density at radius 2 is 1.80 bits per heavy atom. The molecule has 0 unspecified atom stereocenters. The molecular formula is C20H22Cl2FNO. The van der Waals surface area contributed by atoms with Gasteiger partial charge in [0.15, 0.2) is 0 Å². The average molecular weight is 382 g/mol. The van der Waals surface area contributed by atoms with Crippen LogP contribution in [0.1, 0.15) is 43.2 Å². The van der Waals surface area contributed by atoms with Crippen molar-refractivity contribution in [1.82, 2.24) is 5.32 Å². The third-order valence-electron chi connectivity index (χ3n) is 4.61. The second-order valence-electron chi connectivity index (χ2n) is 6.49. The smallest absolute Gasteiger partial charge is 0.124 e. The van der Waals surface area contributed by atoms with Crippen LogP contribution in [0.25, 0.3) is 0 Å². The van der Waals surface area contributed by atoms with Crippen molar-refractivity contribution in [3.05, 3.63) is 63.4 Å². The minimum Gasteiger partial charge on any atom is -0.489 e. The van der Waals surface area contributed by atoms with Gasteiger partial charge in [-0.05, 0) is 43.2 Å². The zero-order chi connectivity index (χ0) is 17.6. The van der Waals surface area contributed by atoms with Crippen LogP contribution in [0.2, 0.25) is 10.0 Å². The normalized spacial score (nSPS) is 15.3. The van der Waals surface area contributed by atoms with Crippen LogP contribution in [0.5, 0.6) is 5.75 Å².